The normalized spacial score (nSPS) is 17.2. The Morgan fingerprint density at radius 1 is 1.47 bits per heavy atom. The standard InChI is InChI=1S/C12H15NO4/c1-8-3-4-9(17-8)11(16)13-12(5-2-6-12)7-10(14)15/h3-4H,2,5-7H2,1H3,(H,13,16)(H,14,15). The van der Waals surface area contributed by atoms with Gasteiger partial charge in [-0.25, -0.2) is 0 Å². The summed E-state index contributed by atoms with van der Waals surface area (Å²) < 4.78 is 5.21. The van der Waals surface area contributed by atoms with Crippen LogP contribution in [0.2, 0.25) is 0 Å². The number of carboxylic acid groups (broad SMARTS) is 1. The van der Waals surface area contributed by atoms with Gasteiger partial charge >= 0.3 is 5.97 Å². The summed E-state index contributed by atoms with van der Waals surface area (Å²) in [4.78, 5) is 22.6. The van der Waals surface area contributed by atoms with Crippen LogP contribution >= 0.6 is 0 Å². The molecular formula is C12H15NO4. The Bertz CT molecular complexity index is 445. The predicted molar refractivity (Wildman–Crippen MR) is 59.7 cm³/mol. The lowest BCUT2D eigenvalue weighted by Crippen LogP contribution is -2.54. The van der Waals surface area contributed by atoms with Gasteiger partial charge in [0.05, 0.1) is 12.0 Å². The van der Waals surface area contributed by atoms with E-state index < -0.39 is 11.5 Å². The van der Waals surface area contributed by atoms with Gasteiger partial charge in [-0.3, -0.25) is 9.59 Å². The first kappa shape index (κ1) is 11.7. The Kier molecular flexibility index (Phi) is 2.92. The first-order chi connectivity index (χ1) is 8.01. The number of amides is 1. The molecule has 0 radical (unpaired) electrons. The lowest BCUT2D eigenvalue weighted by atomic mass is 9.74. The van der Waals surface area contributed by atoms with E-state index >= 15 is 0 Å². The Labute approximate surface area is 98.8 Å². The van der Waals surface area contributed by atoms with Crippen molar-refractivity contribution in [1.82, 2.24) is 5.32 Å². The van der Waals surface area contributed by atoms with E-state index in [2.05, 4.69) is 5.32 Å². The van der Waals surface area contributed by atoms with Crippen molar-refractivity contribution in [3.63, 3.8) is 0 Å². The Morgan fingerprint density at radius 3 is 2.59 bits per heavy atom. The summed E-state index contributed by atoms with van der Waals surface area (Å²) in [5.74, 6) is -0.324. The molecule has 0 bridgehead atoms. The highest BCUT2D eigenvalue weighted by atomic mass is 16.4. The average Bonchev–Trinajstić information content (AvgIpc) is 2.60. The van der Waals surface area contributed by atoms with Crippen molar-refractivity contribution in [2.45, 2.75) is 38.1 Å². The molecule has 1 saturated carbocycles. The van der Waals surface area contributed by atoms with Gasteiger partial charge in [-0.05, 0) is 38.3 Å². The number of rotatable bonds is 4. The second kappa shape index (κ2) is 4.24. The molecular weight excluding hydrogens is 222 g/mol. The Balaban J connectivity index is 2.04. The fraction of sp³-hybridized carbons (Fsp3) is 0.500. The predicted octanol–water partition coefficient (Wildman–Crippen LogP) is 1.72. The summed E-state index contributed by atoms with van der Waals surface area (Å²) in [7, 11) is 0. The molecule has 1 aromatic heterocycles. The highest BCUT2D eigenvalue weighted by molar-refractivity contribution is 5.92. The molecule has 92 valence electrons. The quantitative estimate of drug-likeness (QED) is 0.835. The number of aliphatic carboxylic acids is 1. The lowest BCUT2D eigenvalue weighted by Gasteiger charge is -2.41. The van der Waals surface area contributed by atoms with Crippen LogP contribution in [0.5, 0.6) is 0 Å². The highest BCUT2D eigenvalue weighted by Gasteiger charge is 2.40. The Hall–Kier alpha value is -1.78. The average molecular weight is 237 g/mol. The number of aryl methyl sites for hydroxylation is 1. The molecule has 0 aromatic carbocycles. The van der Waals surface area contributed by atoms with Crippen LogP contribution in [0.4, 0.5) is 0 Å². The molecule has 0 aliphatic heterocycles. The minimum absolute atomic E-state index is 0.0293. The molecule has 1 amide bonds. The summed E-state index contributed by atoms with van der Waals surface area (Å²) in [5, 5.41) is 11.6. The van der Waals surface area contributed by atoms with Crippen LogP contribution in [0, 0.1) is 6.92 Å². The van der Waals surface area contributed by atoms with Crippen LogP contribution in [0.1, 0.15) is 42.0 Å². The van der Waals surface area contributed by atoms with Crippen molar-refractivity contribution in [2.24, 2.45) is 0 Å². The van der Waals surface area contributed by atoms with E-state index in [1.165, 1.54) is 0 Å². The number of carbonyl (C=O) groups is 2. The fourth-order valence-electron chi connectivity index (χ4n) is 2.10. The Morgan fingerprint density at radius 2 is 2.18 bits per heavy atom. The zero-order chi connectivity index (χ0) is 12.5. The lowest BCUT2D eigenvalue weighted by molar-refractivity contribution is -0.139. The molecule has 0 saturated heterocycles. The maximum absolute atomic E-state index is 11.9. The van der Waals surface area contributed by atoms with Crippen LogP contribution in [0.15, 0.2) is 16.5 Å². The number of hydrogen-bond donors (Lipinski definition) is 2. The van der Waals surface area contributed by atoms with Gasteiger partial charge < -0.3 is 14.8 Å². The first-order valence-electron chi connectivity index (χ1n) is 5.62. The summed E-state index contributed by atoms with van der Waals surface area (Å²) in [6.45, 7) is 1.76. The van der Waals surface area contributed by atoms with Gasteiger partial charge in [0.15, 0.2) is 5.76 Å². The van der Waals surface area contributed by atoms with E-state index in [0.29, 0.717) is 18.6 Å². The van der Waals surface area contributed by atoms with Crippen LogP contribution in [-0.4, -0.2) is 22.5 Å². The molecule has 5 nitrogen and oxygen atoms in total. The van der Waals surface area contributed by atoms with Crippen LogP contribution in [0.3, 0.4) is 0 Å². The van der Waals surface area contributed by atoms with Crippen molar-refractivity contribution in [2.75, 3.05) is 0 Å². The molecule has 5 heteroatoms. The molecule has 1 aliphatic carbocycles. The largest absolute Gasteiger partial charge is 0.481 e. The van der Waals surface area contributed by atoms with Gasteiger partial charge in [-0.1, -0.05) is 0 Å². The topological polar surface area (TPSA) is 79.5 Å². The van der Waals surface area contributed by atoms with Gasteiger partial charge in [0, 0.05) is 0 Å². The molecule has 0 spiro atoms. The molecule has 17 heavy (non-hydrogen) atoms. The third-order valence-corrected chi connectivity index (χ3v) is 3.14. The number of nitrogens with one attached hydrogen (secondary N) is 1. The summed E-state index contributed by atoms with van der Waals surface area (Å²) in [5.41, 5.74) is -0.580. The van der Waals surface area contributed by atoms with E-state index in [1.54, 1.807) is 19.1 Å². The maximum atomic E-state index is 11.9. The zero-order valence-corrected chi connectivity index (χ0v) is 9.66. The van der Waals surface area contributed by atoms with Gasteiger partial charge in [-0.15, -0.1) is 0 Å². The van der Waals surface area contributed by atoms with Crippen LogP contribution in [0.25, 0.3) is 0 Å². The number of furan rings is 1. The van der Waals surface area contributed by atoms with E-state index in [0.717, 1.165) is 6.42 Å². The van der Waals surface area contributed by atoms with Crippen LogP contribution < -0.4 is 5.32 Å². The van der Waals surface area contributed by atoms with E-state index in [9.17, 15) is 9.59 Å². The molecule has 2 N–H and O–H groups in total. The summed E-state index contributed by atoms with van der Waals surface area (Å²) >= 11 is 0. The van der Waals surface area contributed by atoms with Crippen molar-refractivity contribution in [3.05, 3.63) is 23.7 Å². The molecule has 0 unspecified atom stereocenters. The molecule has 1 aromatic rings. The minimum Gasteiger partial charge on any atom is -0.481 e. The number of carboxylic acids is 1. The first-order valence-corrected chi connectivity index (χ1v) is 5.62. The molecule has 1 fully saturated rings. The number of carbonyl (C=O) groups excluding carboxylic acids is 1. The van der Waals surface area contributed by atoms with Crippen molar-refractivity contribution < 1.29 is 19.1 Å². The third kappa shape index (κ3) is 2.49. The van der Waals surface area contributed by atoms with Crippen molar-refractivity contribution in [3.8, 4) is 0 Å². The third-order valence-electron chi connectivity index (χ3n) is 3.14. The van der Waals surface area contributed by atoms with Crippen molar-refractivity contribution in [1.29, 1.82) is 0 Å². The van der Waals surface area contributed by atoms with Gasteiger partial charge in [0.25, 0.3) is 5.91 Å². The van der Waals surface area contributed by atoms with E-state index in [-0.39, 0.29) is 18.1 Å². The smallest absolute Gasteiger partial charge is 0.305 e. The zero-order valence-electron chi connectivity index (χ0n) is 9.66. The second-order valence-electron chi connectivity index (χ2n) is 4.57. The SMILES string of the molecule is Cc1ccc(C(=O)NC2(CC(=O)O)CCC2)o1. The molecule has 0 atom stereocenters. The summed E-state index contributed by atoms with van der Waals surface area (Å²) in [6.07, 6.45) is 2.35. The van der Waals surface area contributed by atoms with E-state index in [1.807, 2.05) is 0 Å². The molecule has 2 rings (SSSR count). The second-order valence-corrected chi connectivity index (χ2v) is 4.57. The van der Waals surface area contributed by atoms with Gasteiger partial charge in [0.1, 0.15) is 5.76 Å². The van der Waals surface area contributed by atoms with Gasteiger partial charge in [-0.2, -0.15) is 0 Å². The molecule has 1 heterocycles. The van der Waals surface area contributed by atoms with Crippen molar-refractivity contribution >= 4 is 11.9 Å². The summed E-state index contributed by atoms with van der Waals surface area (Å²) in [6, 6.07) is 3.30. The minimum atomic E-state index is -0.888. The molecule has 1 aliphatic rings. The van der Waals surface area contributed by atoms with Gasteiger partial charge in [0.2, 0.25) is 0 Å². The monoisotopic (exact) mass is 237 g/mol. The fourth-order valence-corrected chi connectivity index (χ4v) is 2.10. The maximum Gasteiger partial charge on any atom is 0.305 e. The van der Waals surface area contributed by atoms with E-state index in [4.69, 9.17) is 9.52 Å². The number of hydrogen-bond acceptors (Lipinski definition) is 3. The highest BCUT2D eigenvalue weighted by Crippen LogP contribution is 2.35. The van der Waals surface area contributed by atoms with Crippen LogP contribution in [-0.2, 0) is 4.79 Å².